The van der Waals surface area contributed by atoms with Gasteiger partial charge >= 0.3 is 0 Å². The number of nitrogens with zero attached hydrogens (tertiary/aromatic N) is 1. The van der Waals surface area contributed by atoms with Crippen molar-refractivity contribution in [3.8, 4) is 0 Å². The van der Waals surface area contributed by atoms with Crippen molar-refractivity contribution in [1.29, 1.82) is 10.8 Å². The first kappa shape index (κ1) is 23.6. The molecular formula is C23H34ClFN4. The molecule has 0 spiro atoms. The summed E-state index contributed by atoms with van der Waals surface area (Å²) >= 11 is 5.74. The lowest BCUT2D eigenvalue weighted by atomic mass is 9.92. The average Bonchev–Trinajstić information content (AvgIpc) is 3.19. The van der Waals surface area contributed by atoms with E-state index >= 15 is 0 Å². The molecule has 1 saturated heterocycles. The van der Waals surface area contributed by atoms with E-state index in [1.165, 1.54) is 69.6 Å². The average molecular weight is 421 g/mol. The third kappa shape index (κ3) is 7.90. The molecule has 6 heteroatoms. The number of likely N-dealkylation sites (tertiary alicyclic amines) is 1. The van der Waals surface area contributed by atoms with Gasteiger partial charge in [0.05, 0.1) is 10.7 Å². The van der Waals surface area contributed by atoms with E-state index in [1.807, 2.05) is 0 Å². The van der Waals surface area contributed by atoms with Crippen molar-refractivity contribution in [3.63, 3.8) is 0 Å². The lowest BCUT2D eigenvalue weighted by Crippen LogP contribution is -2.26. The fraction of sp³-hybridized carbons (Fsp3) is 0.565. The van der Waals surface area contributed by atoms with Crippen molar-refractivity contribution in [2.75, 3.05) is 19.6 Å². The lowest BCUT2D eigenvalue weighted by molar-refractivity contribution is 0.251. The van der Waals surface area contributed by atoms with Crippen LogP contribution in [0.3, 0.4) is 0 Å². The summed E-state index contributed by atoms with van der Waals surface area (Å²) in [6.45, 7) is 11.2. The third-order valence-corrected chi connectivity index (χ3v) is 5.94. The molecule has 1 saturated carbocycles. The Morgan fingerprint density at radius 2 is 1.83 bits per heavy atom. The van der Waals surface area contributed by atoms with Crippen molar-refractivity contribution in [1.82, 2.24) is 4.90 Å². The van der Waals surface area contributed by atoms with E-state index in [4.69, 9.17) is 28.2 Å². The number of hydrogen-bond donors (Lipinski definition) is 3. The van der Waals surface area contributed by atoms with E-state index in [0.29, 0.717) is 11.0 Å². The number of rotatable bonds is 5. The molecular weight excluding hydrogens is 387 g/mol. The molecule has 2 atom stereocenters. The second kappa shape index (κ2) is 10.4. The van der Waals surface area contributed by atoms with E-state index in [2.05, 4.69) is 25.7 Å². The molecule has 0 unspecified atom stereocenters. The first-order valence-corrected chi connectivity index (χ1v) is 10.7. The second-order valence-corrected chi connectivity index (χ2v) is 9.76. The highest BCUT2D eigenvalue weighted by molar-refractivity contribution is 6.34. The zero-order valence-corrected chi connectivity index (χ0v) is 18.5. The number of fused-ring (bicyclic) bond motifs is 1. The van der Waals surface area contributed by atoms with Crippen LogP contribution in [0.4, 0.5) is 4.39 Å². The summed E-state index contributed by atoms with van der Waals surface area (Å²) in [7, 11) is 0. The second-order valence-electron chi connectivity index (χ2n) is 9.35. The normalized spacial score (nSPS) is 21.7. The fourth-order valence-corrected chi connectivity index (χ4v) is 4.25. The summed E-state index contributed by atoms with van der Waals surface area (Å²) in [5.74, 6) is 1.52. The zero-order chi connectivity index (χ0) is 21.6. The van der Waals surface area contributed by atoms with Gasteiger partial charge in [-0.3, -0.25) is 5.41 Å². The summed E-state index contributed by atoms with van der Waals surface area (Å²) in [5.41, 5.74) is 6.08. The molecule has 0 amide bonds. The Hall–Kier alpha value is -1.72. The van der Waals surface area contributed by atoms with Crippen LogP contribution in [0.15, 0.2) is 30.4 Å². The Balaban J connectivity index is 0.000000207. The highest BCUT2D eigenvalue weighted by Crippen LogP contribution is 2.38. The molecule has 29 heavy (non-hydrogen) atoms. The van der Waals surface area contributed by atoms with Crippen LogP contribution in [-0.2, 0) is 0 Å². The molecule has 4 nitrogen and oxygen atoms in total. The van der Waals surface area contributed by atoms with Crippen LogP contribution in [0.25, 0.3) is 0 Å². The lowest BCUT2D eigenvalue weighted by Gasteiger charge is -2.23. The minimum Gasteiger partial charge on any atom is -0.384 e. The fourth-order valence-electron chi connectivity index (χ4n) is 3.98. The first-order valence-electron chi connectivity index (χ1n) is 10.3. The third-order valence-electron chi connectivity index (χ3n) is 5.63. The van der Waals surface area contributed by atoms with Crippen LogP contribution >= 0.6 is 11.6 Å². The molecule has 1 aromatic rings. The predicted molar refractivity (Wildman–Crippen MR) is 121 cm³/mol. The topological polar surface area (TPSA) is 77.0 Å². The Labute approximate surface area is 179 Å². The van der Waals surface area contributed by atoms with Gasteiger partial charge in [-0.05, 0) is 73.4 Å². The summed E-state index contributed by atoms with van der Waals surface area (Å²) in [4.78, 5) is 2.71. The van der Waals surface area contributed by atoms with E-state index < -0.39 is 5.82 Å². The molecule has 160 valence electrons. The Bertz CT molecular complexity index is 742. The molecule has 2 aliphatic rings. The first-order chi connectivity index (χ1) is 13.5. The summed E-state index contributed by atoms with van der Waals surface area (Å²) in [6.07, 6.45) is 8.48. The Kier molecular flexibility index (Phi) is 8.41. The van der Waals surface area contributed by atoms with Crippen LogP contribution < -0.4 is 5.73 Å². The largest absolute Gasteiger partial charge is 0.384 e. The van der Waals surface area contributed by atoms with Gasteiger partial charge in [0.2, 0.25) is 0 Å². The molecule has 0 aromatic heterocycles. The standard InChI is InChI=1S/C13H25N.C10H9ClFN3/c1-13(2,3)7-8-14-9-11-5-4-6-12(11)10-14;11-8-5-6(12)1-2-7(8)9(13)3-4-10(14)15/h11-12H,4-10H2,1-3H3;1-5,13H,(H3,14,15)/b;4-3-,13-9?/t11-,12+;. The van der Waals surface area contributed by atoms with Gasteiger partial charge in [-0.25, -0.2) is 4.39 Å². The number of allylic oxidation sites excluding steroid dienone is 1. The van der Waals surface area contributed by atoms with Gasteiger partial charge in [0, 0.05) is 18.7 Å². The summed E-state index contributed by atoms with van der Waals surface area (Å²) in [5, 5.41) is 14.7. The van der Waals surface area contributed by atoms with Crippen molar-refractivity contribution < 1.29 is 4.39 Å². The minimum absolute atomic E-state index is 0.0789. The van der Waals surface area contributed by atoms with Crippen molar-refractivity contribution in [3.05, 3.63) is 46.8 Å². The van der Waals surface area contributed by atoms with E-state index in [1.54, 1.807) is 0 Å². The van der Waals surface area contributed by atoms with Gasteiger partial charge in [0.25, 0.3) is 0 Å². The highest BCUT2D eigenvalue weighted by atomic mass is 35.5. The van der Waals surface area contributed by atoms with Gasteiger partial charge in [-0.15, -0.1) is 0 Å². The maximum atomic E-state index is 12.7. The van der Waals surface area contributed by atoms with Crippen molar-refractivity contribution in [2.45, 2.75) is 46.5 Å². The summed E-state index contributed by atoms with van der Waals surface area (Å²) < 4.78 is 12.7. The number of nitrogens with two attached hydrogens (primary N) is 1. The molecule has 0 radical (unpaired) electrons. The smallest absolute Gasteiger partial charge is 0.124 e. The van der Waals surface area contributed by atoms with Gasteiger partial charge in [0.1, 0.15) is 11.7 Å². The predicted octanol–water partition coefficient (Wildman–Crippen LogP) is 5.49. The van der Waals surface area contributed by atoms with Gasteiger partial charge in [-0.1, -0.05) is 38.8 Å². The van der Waals surface area contributed by atoms with Crippen LogP contribution in [-0.4, -0.2) is 36.1 Å². The monoisotopic (exact) mass is 420 g/mol. The van der Waals surface area contributed by atoms with E-state index in [9.17, 15) is 4.39 Å². The molecule has 4 N–H and O–H groups in total. The van der Waals surface area contributed by atoms with Crippen molar-refractivity contribution in [2.24, 2.45) is 23.0 Å². The number of nitrogens with one attached hydrogen (secondary N) is 2. The Morgan fingerprint density at radius 3 is 2.34 bits per heavy atom. The number of halogens is 2. The zero-order valence-electron chi connectivity index (χ0n) is 17.8. The quantitative estimate of drug-likeness (QED) is 0.434. The van der Waals surface area contributed by atoms with Crippen LogP contribution in [0.1, 0.15) is 52.0 Å². The maximum absolute atomic E-state index is 12.7. The molecule has 1 aromatic carbocycles. The van der Waals surface area contributed by atoms with Crippen LogP contribution in [0, 0.1) is 33.9 Å². The highest BCUT2D eigenvalue weighted by Gasteiger charge is 2.35. The van der Waals surface area contributed by atoms with E-state index in [-0.39, 0.29) is 16.6 Å². The molecule has 1 heterocycles. The molecule has 1 aliphatic carbocycles. The van der Waals surface area contributed by atoms with Crippen LogP contribution in [0.5, 0.6) is 0 Å². The van der Waals surface area contributed by atoms with Crippen LogP contribution in [0.2, 0.25) is 5.02 Å². The van der Waals surface area contributed by atoms with Gasteiger partial charge in [0.15, 0.2) is 0 Å². The number of hydrogen-bond acceptors (Lipinski definition) is 3. The number of amidine groups is 1. The molecule has 2 fully saturated rings. The van der Waals surface area contributed by atoms with Crippen molar-refractivity contribution >= 4 is 23.1 Å². The SMILES string of the molecule is CC(C)(C)CCN1C[C@H]2CCC[C@H]2C1.N=C(N)/C=C\C(=N)c1ccc(F)cc1Cl. The van der Waals surface area contributed by atoms with Gasteiger partial charge in [-0.2, -0.15) is 0 Å². The molecule has 3 rings (SSSR count). The summed E-state index contributed by atoms with van der Waals surface area (Å²) in [6, 6.07) is 3.76. The van der Waals surface area contributed by atoms with Gasteiger partial charge < -0.3 is 16.0 Å². The molecule has 1 aliphatic heterocycles. The maximum Gasteiger partial charge on any atom is 0.124 e. The Morgan fingerprint density at radius 1 is 1.21 bits per heavy atom. The molecule has 0 bridgehead atoms. The minimum atomic E-state index is -0.452. The number of benzene rings is 1. The van der Waals surface area contributed by atoms with E-state index in [0.717, 1.165) is 17.9 Å².